The van der Waals surface area contributed by atoms with Crippen LogP contribution in [0.1, 0.15) is 34.8 Å². The Kier molecular flexibility index (Phi) is 4.80. The molecule has 1 amide bonds. The first-order valence-electron chi connectivity index (χ1n) is 6.70. The number of nitrogens with one attached hydrogen (secondary N) is 1. The van der Waals surface area contributed by atoms with Gasteiger partial charge in [0.2, 0.25) is 5.13 Å². The number of aryl methyl sites for hydroxylation is 1. The normalized spacial score (nSPS) is 10.7. The van der Waals surface area contributed by atoms with Crippen molar-refractivity contribution in [3.63, 3.8) is 0 Å². The molecule has 0 saturated heterocycles. The van der Waals surface area contributed by atoms with Crippen molar-refractivity contribution in [2.75, 3.05) is 5.32 Å². The largest absolute Gasteiger partial charge is 0.298 e. The molecule has 0 aliphatic rings. The van der Waals surface area contributed by atoms with Crippen molar-refractivity contribution in [2.24, 2.45) is 5.92 Å². The standard InChI is InChI=1S/C15H17N3O2S/c1-9(2)8-12-17-18-15(21-12)16-14(20)13(19)11-6-4-10(3)5-7-11/h4-7,9H,8H2,1-3H3,(H,16,18,20). The lowest BCUT2D eigenvalue weighted by atomic mass is 10.1. The van der Waals surface area contributed by atoms with Gasteiger partial charge in [0.1, 0.15) is 5.01 Å². The van der Waals surface area contributed by atoms with Crippen LogP contribution in [-0.2, 0) is 11.2 Å². The van der Waals surface area contributed by atoms with Gasteiger partial charge in [-0.3, -0.25) is 14.9 Å². The van der Waals surface area contributed by atoms with Crippen LogP contribution in [0.3, 0.4) is 0 Å². The van der Waals surface area contributed by atoms with Crippen LogP contribution in [0.25, 0.3) is 0 Å². The summed E-state index contributed by atoms with van der Waals surface area (Å²) >= 11 is 1.30. The van der Waals surface area contributed by atoms with Gasteiger partial charge in [0.25, 0.3) is 11.7 Å². The summed E-state index contributed by atoms with van der Waals surface area (Å²) in [5, 5.41) is 11.6. The molecule has 0 fully saturated rings. The molecule has 1 N–H and O–H groups in total. The fourth-order valence-corrected chi connectivity index (χ4v) is 2.67. The summed E-state index contributed by atoms with van der Waals surface area (Å²) in [6, 6.07) is 6.88. The van der Waals surface area contributed by atoms with E-state index < -0.39 is 11.7 Å². The van der Waals surface area contributed by atoms with E-state index in [2.05, 4.69) is 29.4 Å². The van der Waals surface area contributed by atoms with Gasteiger partial charge in [-0.1, -0.05) is 55.0 Å². The van der Waals surface area contributed by atoms with E-state index in [1.807, 2.05) is 6.92 Å². The highest BCUT2D eigenvalue weighted by atomic mass is 32.1. The third kappa shape index (κ3) is 4.19. The van der Waals surface area contributed by atoms with Gasteiger partial charge >= 0.3 is 0 Å². The Labute approximate surface area is 127 Å². The van der Waals surface area contributed by atoms with Crippen LogP contribution >= 0.6 is 11.3 Å². The average molecular weight is 303 g/mol. The maximum absolute atomic E-state index is 12.0. The summed E-state index contributed by atoms with van der Waals surface area (Å²) in [5.41, 5.74) is 1.40. The first-order chi connectivity index (χ1) is 9.95. The number of carbonyl (C=O) groups excluding carboxylic acids is 2. The zero-order valence-electron chi connectivity index (χ0n) is 12.2. The molecule has 0 saturated carbocycles. The van der Waals surface area contributed by atoms with Gasteiger partial charge in [0.05, 0.1) is 0 Å². The molecular weight excluding hydrogens is 286 g/mol. The Hall–Kier alpha value is -2.08. The van der Waals surface area contributed by atoms with Crippen LogP contribution in [0.4, 0.5) is 5.13 Å². The highest BCUT2D eigenvalue weighted by Gasteiger charge is 2.18. The molecule has 6 heteroatoms. The van der Waals surface area contributed by atoms with Gasteiger partial charge in [-0.15, -0.1) is 10.2 Å². The molecule has 0 aliphatic heterocycles. The second kappa shape index (κ2) is 6.58. The molecule has 110 valence electrons. The lowest BCUT2D eigenvalue weighted by Gasteiger charge is -2.01. The second-order valence-electron chi connectivity index (χ2n) is 5.25. The summed E-state index contributed by atoms with van der Waals surface area (Å²) in [5.74, 6) is -0.794. The number of hydrogen-bond acceptors (Lipinski definition) is 5. The monoisotopic (exact) mass is 303 g/mol. The van der Waals surface area contributed by atoms with Gasteiger partial charge in [0.15, 0.2) is 0 Å². The van der Waals surface area contributed by atoms with E-state index in [0.717, 1.165) is 17.0 Å². The van der Waals surface area contributed by atoms with Crippen molar-refractivity contribution < 1.29 is 9.59 Å². The van der Waals surface area contributed by atoms with E-state index in [4.69, 9.17) is 0 Å². The molecule has 0 aliphatic carbocycles. The number of amides is 1. The topological polar surface area (TPSA) is 72.0 Å². The fraction of sp³-hybridized carbons (Fsp3) is 0.333. The van der Waals surface area contributed by atoms with Gasteiger partial charge in [-0.25, -0.2) is 0 Å². The van der Waals surface area contributed by atoms with Crippen LogP contribution in [0.2, 0.25) is 0 Å². The number of benzene rings is 1. The van der Waals surface area contributed by atoms with Crippen molar-refractivity contribution in [1.29, 1.82) is 0 Å². The number of anilines is 1. The van der Waals surface area contributed by atoms with Gasteiger partial charge in [-0.05, 0) is 12.8 Å². The molecule has 2 rings (SSSR count). The highest BCUT2D eigenvalue weighted by Crippen LogP contribution is 2.18. The Morgan fingerprint density at radius 2 is 1.86 bits per heavy atom. The maximum atomic E-state index is 12.0. The molecule has 0 radical (unpaired) electrons. The zero-order chi connectivity index (χ0) is 15.4. The molecular formula is C15H17N3O2S. The molecule has 0 bridgehead atoms. The van der Waals surface area contributed by atoms with E-state index in [1.54, 1.807) is 24.3 Å². The molecule has 1 heterocycles. The maximum Gasteiger partial charge on any atom is 0.298 e. The minimum atomic E-state index is -0.689. The summed E-state index contributed by atoms with van der Waals surface area (Å²) in [6.07, 6.45) is 0.805. The smallest absolute Gasteiger partial charge is 0.294 e. The van der Waals surface area contributed by atoms with Gasteiger partial charge in [-0.2, -0.15) is 0 Å². The Morgan fingerprint density at radius 3 is 2.48 bits per heavy atom. The van der Waals surface area contributed by atoms with Crippen LogP contribution in [0, 0.1) is 12.8 Å². The van der Waals surface area contributed by atoms with E-state index >= 15 is 0 Å². The number of ketones is 1. The van der Waals surface area contributed by atoms with E-state index in [-0.39, 0.29) is 0 Å². The Bertz CT molecular complexity index is 647. The van der Waals surface area contributed by atoms with E-state index in [0.29, 0.717) is 16.6 Å². The van der Waals surface area contributed by atoms with E-state index in [9.17, 15) is 9.59 Å². The second-order valence-corrected chi connectivity index (χ2v) is 6.31. The highest BCUT2D eigenvalue weighted by molar-refractivity contribution is 7.15. The number of carbonyl (C=O) groups is 2. The number of hydrogen-bond donors (Lipinski definition) is 1. The SMILES string of the molecule is Cc1ccc(C(=O)C(=O)Nc2nnc(CC(C)C)s2)cc1. The molecule has 0 unspecified atom stereocenters. The third-order valence-electron chi connectivity index (χ3n) is 2.79. The summed E-state index contributed by atoms with van der Waals surface area (Å²) < 4.78 is 0. The minimum Gasteiger partial charge on any atom is -0.294 e. The van der Waals surface area contributed by atoms with Crippen molar-refractivity contribution in [2.45, 2.75) is 27.2 Å². The molecule has 1 aromatic heterocycles. The van der Waals surface area contributed by atoms with Crippen molar-refractivity contribution >= 4 is 28.2 Å². The van der Waals surface area contributed by atoms with Crippen molar-refractivity contribution in [3.05, 3.63) is 40.4 Å². The van der Waals surface area contributed by atoms with Crippen LogP contribution in [-0.4, -0.2) is 21.9 Å². The summed E-state index contributed by atoms with van der Waals surface area (Å²) in [7, 11) is 0. The number of Topliss-reactive ketones (excluding diaryl/α,β-unsaturated/α-hetero) is 1. The lowest BCUT2D eigenvalue weighted by Crippen LogP contribution is -2.22. The fourth-order valence-electron chi connectivity index (χ4n) is 1.73. The van der Waals surface area contributed by atoms with Crippen LogP contribution < -0.4 is 5.32 Å². The summed E-state index contributed by atoms with van der Waals surface area (Å²) in [6.45, 7) is 6.09. The molecule has 0 spiro atoms. The zero-order valence-corrected chi connectivity index (χ0v) is 13.0. The Morgan fingerprint density at radius 1 is 1.19 bits per heavy atom. The third-order valence-corrected chi connectivity index (χ3v) is 3.65. The van der Waals surface area contributed by atoms with Crippen LogP contribution in [0.15, 0.2) is 24.3 Å². The molecule has 0 atom stereocenters. The average Bonchev–Trinajstić information content (AvgIpc) is 2.85. The predicted molar refractivity (Wildman–Crippen MR) is 82.6 cm³/mol. The van der Waals surface area contributed by atoms with Gasteiger partial charge in [0, 0.05) is 12.0 Å². The van der Waals surface area contributed by atoms with E-state index in [1.165, 1.54) is 11.3 Å². The number of nitrogens with zero attached hydrogens (tertiary/aromatic N) is 2. The van der Waals surface area contributed by atoms with Gasteiger partial charge < -0.3 is 0 Å². The first-order valence-corrected chi connectivity index (χ1v) is 7.52. The first kappa shape index (κ1) is 15.3. The number of rotatable bonds is 5. The quantitative estimate of drug-likeness (QED) is 0.681. The summed E-state index contributed by atoms with van der Waals surface area (Å²) in [4.78, 5) is 23.9. The minimum absolute atomic E-state index is 0.358. The predicted octanol–water partition coefficient (Wildman–Crippen LogP) is 2.87. The molecule has 5 nitrogen and oxygen atoms in total. The molecule has 21 heavy (non-hydrogen) atoms. The van der Waals surface area contributed by atoms with Crippen molar-refractivity contribution in [1.82, 2.24) is 10.2 Å². The number of aromatic nitrogens is 2. The van der Waals surface area contributed by atoms with Crippen LogP contribution in [0.5, 0.6) is 0 Å². The lowest BCUT2D eigenvalue weighted by molar-refractivity contribution is -0.112. The van der Waals surface area contributed by atoms with Crippen molar-refractivity contribution in [3.8, 4) is 0 Å². The Balaban J connectivity index is 2.02. The molecule has 2 aromatic rings. The molecule has 1 aromatic carbocycles.